The van der Waals surface area contributed by atoms with E-state index in [1.807, 2.05) is 11.3 Å². The molecule has 3 atom stereocenters. The van der Waals surface area contributed by atoms with E-state index in [2.05, 4.69) is 40.0 Å². The Morgan fingerprint density at radius 2 is 2.39 bits per heavy atom. The van der Waals surface area contributed by atoms with Crippen LogP contribution in [0.5, 0.6) is 0 Å². The Morgan fingerprint density at radius 1 is 1.48 bits per heavy atom. The van der Waals surface area contributed by atoms with Crippen molar-refractivity contribution in [1.82, 2.24) is 15.5 Å². The first kappa shape index (κ1) is 16.9. The minimum absolute atomic E-state index is 0.206. The molecule has 3 heterocycles. The van der Waals surface area contributed by atoms with Crippen molar-refractivity contribution in [3.05, 3.63) is 22.4 Å². The van der Waals surface area contributed by atoms with E-state index in [-0.39, 0.29) is 11.8 Å². The van der Waals surface area contributed by atoms with Crippen molar-refractivity contribution in [2.24, 2.45) is 11.8 Å². The number of amides is 1. The van der Waals surface area contributed by atoms with E-state index in [1.54, 1.807) is 0 Å². The van der Waals surface area contributed by atoms with Crippen LogP contribution in [0, 0.1) is 11.8 Å². The third kappa shape index (κ3) is 5.03. The van der Waals surface area contributed by atoms with E-state index in [0.29, 0.717) is 12.0 Å². The first-order valence-electron chi connectivity index (χ1n) is 8.96. The van der Waals surface area contributed by atoms with Crippen LogP contribution in [-0.4, -0.2) is 43.0 Å². The van der Waals surface area contributed by atoms with Crippen LogP contribution in [0.2, 0.25) is 0 Å². The lowest BCUT2D eigenvalue weighted by molar-refractivity contribution is -0.126. The van der Waals surface area contributed by atoms with Gasteiger partial charge in [0.1, 0.15) is 0 Å². The van der Waals surface area contributed by atoms with Gasteiger partial charge in [-0.25, -0.2) is 0 Å². The van der Waals surface area contributed by atoms with Gasteiger partial charge in [-0.1, -0.05) is 6.07 Å². The maximum absolute atomic E-state index is 12.4. The van der Waals surface area contributed by atoms with Crippen LogP contribution in [0.4, 0.5) is 0 Å². The lowest BCUT2D eigenvalue weighted by Crippen LogP contribution is -2.45. The van der Waals surface area contributed by atoms with E-state index in [1.165, 1.54) is 24.3 Å². The number of thiophene rings is 1. The minimum atomic E-state index is 0.206. The average Bonchev–Trinajstić information content (AvgIpc) is 3.06. The van der Waals surface area contributed by atoms with Crippen molar-refractivity contribution in [2.75, 3.05) is 26.2 Å². The molecule has 5 heteroatoms. The molecule has 128 valence electrons. The number of hydrogen-bond acceptors (Lipinski definition) is 4. The summed E-state index contributed by atoms with van der Waals surface area (Å²) in [6.45, 7) is 7.35. The summed E-state index contributed by atoms with van der Waals surface area (Å²) >= 11 is 1.84. The van der Waals surface area contributed by atoms with Gasteiger partial charge in [0, 0.05) is 36.5 Å². The lowest BCUT2D eigenvalue weighted by Gasteiger charge is -2.33. The second kappa shape index (κ2) is 8.27. The van der Waals surface area contributed by atoms with Gasteiger partial charge in [0.15, 0.2) is 0 Å². The highest BCUT2D eigenvalue weighted by atomic mass is 32.1. The number of rotatable bonds is 5. The zero-order chi connectivity index (χ0) is 16.1. The number of piperidine rings is 2. The Balaban J connectivity index is 1.41. The quantitative estimate of drug-likeness (QED) is 0.869. The summed E-state index contributed by atoms with van der Waals surface area (Å²) in [5.74, 6) is 1.08. The molecule has 2 fully saturated rings. The Bertz CT molecular complexity index is 490. The van der Waals surface area contributed by atoms with Crippen molar-refractivity contribution >= 4 is 17.2 Å². The number of nitrogens with zero attached hydrogens (tertiary/aromatic N) is 1. The molecule has 0 aliphatic carbocycles. The Hall–Kier alpha value is -0.910. The molecule has 4 nitrogen and oxygen atoms in total. The topological polar surface area (TPSA) is 44.4 Å². The minimum Gasteiger partial charge on any atom is -0.356 e. The maximum atomic E-state index is 12.4. The highest BCUT2D eigenvalue weighted by molar-refractivity contribution is 7.09. The summed E-state index contributed by atoms with van der Waals surface area (Å²) in [4.78, 5) is 16.4. The Morgan fingerprint density at radius 3 is 3.17 bits per heavy atom. The van der Waals surface area contributed by atoms with Crippen LogP contribution in [0.1, 0.15) is 37.5 Å². The second-order valence-corrected chi connectivity index (χ2v) is 8.18. The largest absolute Gasteiger partial charge is 0.356 e. The molecule has 1 unspecified atom stereocenters. The predicted octanol–water partition coefficient (Wildman–Crippen LogP) is 2.46. The van der Waals surface area contributed by atoms with Crippen LogP contribution in [-0.2, 0) is 11.3 Å². The lowest BCUT2D eigenvalue weighted by atomic mass is 9.92. The second-order valence-electron chi connectivity index (χ2n) is 7.14. The number of hydrogen-bond donors (Lipinski definition) is 2. The summed E-state index contributed by atoms with van der Waals surface area (Å²) in [5.41, 5.74) is 0. The molecule has 3 rings (SSSR count). The van der Waals surface area contributed by atoms with Crippen molar-refractivity contribution < 1.29 is 4.79 Å². The standard InChI is InChI=1S/C18H29N3OS/c1-14-10-16(6-7-19-14)18(22)20-11-15-4-2-8-21(12-15)13-17-5-3-9-23-17/h3,5,9,14-16,19H,2,4,6-8,10-13H2,1H3,(H,20,22)/t14-,15?,16-/m0/s1. The van der Waals surface area contributed by atoms with Crippen molar-refractivity contribution in [3.63, 3.8) is 0 Å². The third-order valence-electron chi connectivity index (χ3n) is 5.12. The molecule has 0 spiro atoms. The Labute approximate surface area is 143 Å². The van der Waals surface area contributed by atoms with Crippen LogP contribution >= 0.6 is 11.3 Å². The van der Waals surface area contributed by atoms with E-state index in [0.717, 1.165) is 39.0 Å². The van der Waals surface area contributed by atoms with Gasteiger partial charge in [-0.15, -0.1) is 11.3 Å². The Kier molecular flexibility index (Phi) is 6.08. The molecule has 1 aromatic rings. The fraction of sp³-hybridized carbons (Fsp3) is 0.722. The molecule has 0 saturated carbocycles. The summed E-state index contributed by atoms with van der Waals surface area (Å²) in [6.07, 6.45) is 4.44. The van der Waals surface area contributed by atoms with Gasteiger partial charge in [0.2, 0.25) is 5.91 Å². The van der Waals surface area contributed by atoms with Gasteiger partial charge in [-0.05, 0) is 63.1 Å². The molecule has 23 heavy (non-hydrogen) atoms. The average molecular weight is 336 g/mol. The number of carbonyl (C=O) groups is 1. The fourth-order valence-corrected chi connectivity index (χ4v) is 4.59. The molecule has 1 aromatic heterocycles. The van der Waals surface area contributed by atoms with Crippen molar-refractivity contribution in [1.29, 1.82) is 0 Å². The molecule has 1 amide bonds. The zero-order valence-corrected chi connectivity index (χ0v) is 14.9. The first-order chi connectivity index (χ1) is 11.2. The van der Waals surface area contributed by atoms with Crippen LogP contribution in [0.15, 0.2) is 17.5 Å². The molecular formula is C18H29N3OS. The van der Waals surface area contributed by atoms with E-state index in [9.17, 15) is 4.79 Å². The summed E-state index contributed by atoms with van der Waals surface area (Å²) < 4.78 is 0. The van der Waals surface area contributed by atoms with Gasteiger partial charge in [0.25, 0.3) is 0 Å². The summed E-state index contributed by atoms with van der Waals surface area (Å²) in [5, 5.41) is 8.79. The van der Waals surface area contributed by atoms with Crippen LogP contribution in [0.25, 0.3) is 0 Å². The fourth-order valence-electron chi connectivity index (χ4n) is 3.84. The molecule has 0 aromatic carbocycles. The molecule has 0 radical (unpaired) electrons. The van der Waals surface area contributed by atoms with Crippen molar-refractivity contribution in [2.45, 2.75) is 45.2 Å². The number of nitrogens with one attached hydrogen (secondary N) is 2. The van der Waals surface area contributed by atoms with Gasteiger partial charge < -0.3 is 10.6 Å². The van der Waals surface area contributed by atoms with E-state index >= 15 is 0 Å². The van der Waals surface area contributed by atoms with Crippen molar-refractivity contribution in [3.8, 4) is 0 Å². The maximum Gasteiger partial charge on any atom is 0.223 e. The smallest absolute Gasteiger partial charge is 0.223 e. The first-order valence-corrected chi connectivity index (χ1v) is 9.84. The monoisotopic (exact) mass is 335 g/mol. The van der Waals surface area contributed by atoms with Gasteiger partial charge in [-0.3, -0.25) is 9.69 Å². The third-order valence-corrected chi connectivity index (χ3v) is 5.98. The molecule has 2 aliphatic rings. The highest BCUT2D eigenvalue weighted by Crippen LogP contribution is 2.21. The van der Waals surface area contributed by atoms with Crippen LogP contribution < -0.4 is 10.6 Å². The van der Waals surface area contributed by atoms with Crippen LogP contribution in [0.3, 0.4) is 0 Å². The predicted molar refractivity (Wildman–Crippen MR) is 95.5 cm³/mol. The molecule has 0 bridgehead atoms. The normalized spacial score (nSPS) is 29.3. The molecule has 2 N–H and O–H groups in total. The number of likely N-dealkylation sites (tertiary alicyclic amines) is 1. The van der Waals surface area contributed by atoms with E-state index in [4.69, 9.17) is 0 Å². The SMILES string of the molecule is C[C@H]1C[C@@H](C(=O)NCC2CCCN(Cc3cccs3)C2)CCN1. The zero-order valence-electron chi connectivity index (χ0n) is 14.1. The van der Waals surface area contributed by atoms with Gasteiger partial charge in [0.05, 0.1) is 0 Å². The van der Waals surface area contributed by atoms with E-state index < -0.39 is 0 Å². The summed E-state index contributed by atoms with van der Waals surface area (Å²) in [7, 11) is 0. The molecular weight excluding hydrogens is 306 g/mol. The summed E-state index contributed by atoms with van der Waals surface area (Å²) in [6, 6.07) is 4.81. The number of carbonyl (C=O) groups excluding carboxylic acids is 1. The van der Waals surface area contributed by atoms with Gasteiger partial charge in [-0.2, -0.15) is 0 Å². The highest BCUT2D eigenvalue weighted by Gasteiger charge is 2.26. The molecule has 2 saturated heterocycles. The molecule has 2 aliphatic heterocycles. The van der Waals surface area contributed by atoms with Gasteiger partial charge >= 0.3 is 0 Å².